The van der Waals surface area contributed by atoms with Crippen LogP contribution in [0.3, 0.4) is 0 Å². The smallest absolute Gasteiger partial charge is 0.249 e. The van der Waals surface area contributed by atoms with Crippen LogP contribution in [0, 0.1) is 12.3 Å². The molecule has 1 aromatic carbocycles. The molecule has 1 heterocycles. The molecule has 1 unspecified atom stereocenters. The topological polar surface area (TPSA) is 40.6 Å². The molecule has 0 radical (unpaired) electrons. The second kappa shape index (κ2) is 6.52. The third-order valence-electron chi connectivity index (χ3n) is 4.12. The maximum absolute atomic E-state index is 12.7. The minimum absolute atomic E-state index is 0.0416. The van der Waals surface area contributed by atoms with E-state index >= 15 is 0 Å². The highest BCUT2D eigenvalue weighted by Crippen LogP contribution is 2.27. The minimum Gasteiger partial charge on any atom is -0.329 e. The molecule has 0 aliphatic carbocycles. The minimum atomic E-state index is -0.446. The van der Waals surface area contributed by atoms with E-state index in [1.165, 1.54) is 0 Å². The standard InChI is InChI=1S/C18H25ClN2O2/c1-12-6-7-14(10-15(12)19)21-9-8-20(13(2)17(21)23)16(22)11-18(3,4)5/h6-7,10,13H,8-9,11H2,1-5H3. The average Bonchev–Trinajstić information content (AvgIpc) is 2.43. The molecule has 1 aromatic rings. The average molecular weight is 337 g/mol. The number of carbonyl (C=O) groups excluding carboxylic acids is 2. The summed E-state index contributed by atoms with van der Waals surface area (Å²) in [6.07, 6.45) is 0.445. The first-order valence-corrected chi connectivity index (χ1v) is 8.35. The van der Waals surface area contributed by atoms with Crippen LogP contribution in [0.15, 0.2) is 18.2 Å². The summed E-state index contributed by atoms with van der Waals surface area (Å²) in [7, 11) is 0. The van der Waals surface area contributed by atoms with Crippen molar-refractivity contribution in [2.24, 2.45) is 5.41 Å². The largest absolute Gasteiger partial charge is 0.329 e. The fourth-order valence-electron chi connectivity index (χ4n) is 2.77. The molecule has 1 fully saturated rings. The summed E-state index contributed by atoms with van der Waals surface area (Å²) in [5, 5.41) is 0.647. The molecule has 0 aromatic heterocycles. The Bertz CT molecular complexity index is 622. The van der Waals surface area contributed by atoms with E-state index in [0.29, 0.717) is 24.5 Å². The lowest BCUT2D eigenvalue weighted by molar-refractivity contribution is -0.142. The van der Waals surface area contributed by atoms with E-state index in [-0.39, 0.29) is 17.2 Å². The molecule has 0 spiro atoms. The third-order valence-corrected chi connectivity index (χ3v) is 4.53. The van der Waals surface area contributed by atoms with Crippen LogP contribution in [0.1, 0.15) is 39.7 Å². The number of rotatable bonds is 2. The summed E-state index contributed by atoms with van der Waals surface area (Å²) in [5.41, 5.74) is 1.69. The molecular formula is C18H25ClN2O2. The molecule has 126 valence electrons. The third kappa shape index (κ3) is 4.05. The van der Waals surface area contributed by atoms with Gasteiger partial charge in [-0.2, -0.15) is 0 Å². The van der Waals surface area contributed by atoms with Crippen molar-refractivity contribution in [2.75, 3.05) is 18.0 Å². The fraction of sp³-hybridized carbons (Fsp3) is 0.556. The molecule has 5 heteroatoms. The van der Waals surface area contributed by atoms with E-state index in [1.807, 2.05) is 45.9 Å². The first kappa shape index (κ1) is 17.8. The van der Waals surface area contributed by atoms with Gasteiger partial charge in [0.1, 0.15) is 6.04 Å². The van der Waals surface area contributed by atoms with Gasteiger partial charge in [0.25, 0.3) is 0 Å². The van der Waals surface area contributed by atoms with Gasteiger partial charge in [0.05, 0.1) is 0 Å². The Morgan fingerprint density at radius 2 is 1.96 bits per heavy atom. The van der Waals surface area contributed by atoms with Gasteiger partial charge in [0.15, 0.2) is 0 Å². The Balaban J connectivity index is 2.15. The lowest BCUT2D eigenvalue weighted by Gasteiger charge is -2.40. The molecule has 0 N–H and O–H groups in total. The molecule has 1 saturated heterocycles. The number of carbonyl (C=O) groups is 2. The monoisotopic (exact) mass is 336 g/mol. The molecule has 4 nitrogen and oxygen atoms in total. The Labute approximate surface area is 143 Å². The van der Waals surface area contributed by atoms with Gasteiger partial charge in [-0.15, -0.1) is 0 Å². The van der Waals surface area contributed by atoms with Crippen LogP contribution in [0.2, 0.25) is 5.02 Å². The highest BCUT2D eigenvalue weighted by atomic mass is 35.5. The number of hydrogen-bond acceptors (Lipinski definition) is 2. The van der Waals surface area contributed by atoms with Gasteiger partial charge in [0.2, 0.25) is 11.8 Å². The van der Waals surface area contributed by atoms with Crippen LogP contribution >= 0.6 is 11.6 Å². The Morgan fingerprint density at radius 3 is 2.52 bits per heavy atom. The summed E-state index contributed by atoms with van der Waals surface area (Å²) in [6, 6.07) is 5.18. The van der Waals surface area contributed by atoms with E-state index in [1.54, 1.807) is 16.7 Å². The van der Waals surface area contributed by atoms with Crippen LogP contribution in [-0.4, -0.2) is 35.8 Å². The van der Waals surface area contributed by atoms with Crippen molar-refractivity contribution >= 4 is 29.1 Å². The number of amides is 2. The van der Waals surface area contributed by atoms with Crippen LogP contribution in [0.4, 0.5) is 5.69 Å². The van der Waals surface area contributed by atoms with E-state index in [9.17, 15) is 9.59 Å². The Kier molecular flexibility index (Phi) is 5.04. The molecular weight excluding hydrogens is 312 g/mol. The van der Waals surface area contributed by atoms with Gasteiger partial charge in [-0.25, -0.2) is 0 Å². The fourth-order valence-corrected chi connectivity index (χ4v) is 2.95. The normalized spacial score (nSPS) is 19.2. The van der Waals surface area contributed by atoms with Crippen molar-refractivity contribution in [1.82, 2.24) is 4.90 Å². The second-order valence-electron chi connectivity index (χ2n) is 7.42. The maximum atomic E-state index is 12.7. The molecule has 1 aliphatic rings. The van der Waals surface area contributed by atoms with E-state index in [4.69, 9.17) is 11.6 Å². The van der Waals surface area contributed by atoms with Gasteiger partial charge in [0, 0.05) is 30.2 Å². The van der Waals surface area contributed by atoms with Crippen molar-refractivity contribution in [1.29, 1.82) is 0 Å². The lowest BCUT2D eigenvalue weighted by atomic mass is 9.91. The number of hydrogen-bond donors (Lipinski definition) is 0. The number of anilines is 1. The lowest BCUT2D eigenvalue weighted by Crippen LogP contribution is -2.58. The van der Waals surface area contributed by atoms with E-state index in [2.05, 4.69) is 0 Å². The van der Waals surface area contributed by atoms with Crippen molar-refractivity contribution < 1.29 is 9.59 Å². The predicted octanol–water partition coefficient (Wildman–Crippen LogP) is 3.65. The molecule has 0 saturated carbocycles. The summed E-state index contributed by atoms with van der Waals surface area (Å²) in [5.74, 6) is -0.0154. The quantitative estimate of drug-likeness (QED) is 0.827. The number of nitrogens with zero attached hydrogens (tertiary/aromatic N) is 2. The molecule has 1 atom stereocenters. The number of aryl methyl sites for hydroxylation is 1. The molecule has 23 heavy (non-hydrogen) atoms. The van der Waals surface area contributed by atoms with E-state index < -0.39 is 6.04 Å². The first-order valence-electron chi connectivity index (χ1n) is 7.97. The highest BCUT2D eigenvalue weighted by molar-refractivity contribution is 6.31. The highest BCUT2D eigenvalue weighted by Gasteiger charge is 2.36. The van der Waals surface area contributed by atoms with Gasteiger partial charge in [-0.1, -0.05) is 38.4 Å². The van der Waals surface area contributed by atoms with Crippen LogP contribution in [-0.2, 0) is 9.59 Å². The van der Waals surface area contributed by atoms with Crippen molar-refractivity contribution in [3.63, 3.8) is 0 Å². The molecule has 1 aliphatic heterocycles. The number of piperazine rings is 1. The SMILES string of the molecule is Cc1ccc(N2CCN(C(=O)CC(C)(C)C)C(C)C2=O)cc1Cl. The summed E-state index contributed by atoms with van der Waals surface area (Å²) < 4.78 is 0. The van der Waals surface area contributed by atoms with Crippen molar-refractivity contribution in [2.45, 2.75) is 47.1 Å². The summed E-state index contributed by atoms with van der Waals surface area (Å²) >= 11 is 6.17. The molecule has 2 rings (SSSR count). The molecule has 2 amide bonds. The van der Waals surface area contributed by atoms with Gasteiger partial charge in [-0.05, 0) is 37.0 Å². The van der Waals surface area contributed by atoms with E-state index in [0.717, 1.165) is 11.3 Å². The van der Waals surface area contributed by atoms with Crippen molar-refractivity contribution in [3.8, 4) is 0 Å². The van der Waals surface area contributed by atoms with Crippen LogP contribution in [0.25, 0.3) is 0 Å². The Hall–Kier alpha value is -1.55. The van der Waals surface area contributed by atoms with Crippen molar-refractivity contribution in [3.05, 3.63) is 28.8 Å². The number of benzene rings is 1. The second-order valence-corrected chi connectivity index (χ2v) is 7.83. The summed E-state index contributed by atoms with van der Waals surface area (Å²) in [6.45, 7) is 10.9. The Morgan fingerprint density at radius 1 is 1.30 bits per heavy atom. The van der Waals surface area contributed by atoms with Crippen LogP contribution in [0.5, 0.6) is 0 Å². The van der Waals surface area contributed by atoms with Crippen LogP contribution < -0.4 is 4.90 Å². The maximum Gasteiger partial charge on any atom is 0.249 e. The predicted molar refractivity (Wildman–Crippen MR) is 93.8 cm³/mol. The number of halogens is 1. The zero-order valence-electron chi connectivity index (χ0n) is 14.5. The summed E-state index contributed by atoms with van der Waals surface area (Å²) in [4.78, 5) is 28.6. The first-order chi connectivity index (χ1) is 10.6. The zero-order chi connectivity index (χ0) is 17.4. The zero-order valence-corrected chi connectivity index (χ0v) is 15.3. The van der Waals surface area contributed by atoms with Gasteiger partial charge < -0.3 is 9.80 Å². The molecule has 0 bridgehead atoms. The van der Waals surface area contributed by atoms with Gasteiger partial charge in [-0.3, -0.25) is 9.59 Å². The van der Waals surface area contributed by atoms with Gasteiger partial charge >= 0.3 is 0 Å².